The summed E-state index contributed by atoms with van der Waals surface area (Å²) in [7, 11) is 0. The lowest BCUT2D eigenvalue weighted by Crippen LogP contribution is -1.78. The van der Waals surface area contributed by atoms with Crippen molar-refractivity contribution >= 4 is 11.0 Å². The molecular formula is C9H15N3. The van der Waals surface area contributed by atoms with Crippen molar-refractivity contribution in [3.8, 4) is 0 Å². The number of pyridine rings is 1. The van der Waals surface area contributed by atoms with Crippen molar-refractivity contribution in [2.45, 2.75) is 20.8 Å². The van der Waals surface area contributed by atoms with E-state index in [0.717, 1.165) is 16.7 Å². The van der Waals surface area contributed by atoms with Gasteiger partial charge in [0.15, 0.2) is 0 Å². The van der Waals surface area contributed by atoms with Crippen LogP contribution in [-0.4, -0.2) is 15.2 Å². The van der Waals surface area contributed by atoms with E-state index in [-0.39, 0.29) is 1.43 Å². The lowest BCUT2D eigenvalue weighted by molar-refractivity contribution is 1.12. The Balaban J connectivity index is 0.000000451. The van der Waals surface area contributed by atoms with Crippen LogP contribution in [-0.2, 0) is 0 Å². The minimum absolute atomic E-state index is 0. The zero-order valence-electron chi connectivity index (χ0n) is 7.63. The van der Waals surface area contributed by atoms with Gasteiger partial charge >= 0.3 is 0 Å². The summed E-state index contributed by atoms with van der Waals surface area (Å²) in [5.41, 5.74) is 2.94. The number of fused-ring (bicyclic) bond motifs is 1. The van der Waals surface area contributed by atoms with E-state index in [1.807, 2.05) is 32.9 Å². The quantitative estimate of drug-likeness (QED) is 0.651. The second-order valence-corrected chi connectivity index (χ2v) is 2.26. The van der Waals surface area contributed by atoms with Crippen LogP contribution in [0.3, 0.4) is 0 Å². The van der Waals surface area contributed by atoms with Gasteiger partial charge in [-0.1, -0.05) is 13.8 Å². The molecule has 0 aromatic carbocycles. The fourth-order valence-corrected chi connectivity index (χ4v) is 0.933. The molecule has 2 aromatic rings. The van der Waals surface area contributed by atoms with Gasteiger partial charge in [0.2, 0.25) is 0 Å². The Kier molecular flexibility index (Phi) is 2.80. The monoisotopic (exact) mass is 165 g/mol. The summed E-state index contributed by atoms with van der Waals surface area (Å²) in [5, 5.41) is 6.69. The van der Waals surface area contributed by atoms with Crippen LogP contribution in [0.25, 0.3) is 11.0 Å². The van der Waals surface area contributed by atoms with Crippen molar-refractivity contribution < 1.29 is 1.43 Å². The topological polar surface area (TPSA) is 41.6 Å². The minimum Gasteiger partial charge on any atom is -0.276 e. The Labute approximate surface area is 73.3 Å². The average molecular weight is 165 g/mol. The van der Waals surface area contributed by atoms with Crippen LogP contribution in [0.5, 0.6) is 0 Å². The first-order valence-electron chi connectivity index (χ1n) is 4.13. The summed E-state index contributed by atoms with van der Waals surface area (Å²) in [5.74, 6) is 0. The molecule has 3 heteroatoms. The molecule has 0 saturated carbocycles. The maximum atomic E-state index is 4.24. The van der Waals surface area contributed by atoms with Crippen LogP contribution in [0.2, 0.25) is 0 Å². The summed E-state index contributed by atoms with van der Waals surface area (Å²) in [6, 6.07) is 3.94. The molecule has 0 radical (unpaired) electrons. The Hall–Kier alpha value is -1.38. The second kappa shape index (κ2) is 3.85. The van der Waals surface area contributed by atoms with E-state index in [1.54, 1.807) is 6.20 Å². The molecule has 0 atom stereocenters. The predicted octanol–water partition coefficient (Wildman–Crippen LogP) is 2.54. The molecule has 2 heterocycles. The Morgan fingerprint density at radius 1 is 1.33 bits per heavy atom. The number of hydrogen-bond donors (Lipinski definition) is 1. The van der Waals surface area contributed by atoms with Gasteiger partial charge in [-0.2, -0.15) is 5.10 Å². The highest BCUT2D eigenvalue weighted by Gasteiger charge is 1.93. The molecule has 0 aliphatic heterocycles. The van der Waals surface area contributed by atoms with Crippen LogP contribution in [0.4, 0.5) is 0 Å². The standard InChI is InChI=1S/C7H7N3.C2H6.H2/c1-5-2-3-6-7(9-5)4-8-10-6;1-2;/h2-4H,1H3,(H,8,10);1-2H3;1H. The molecule has 3 nitrogen and oxygen atoms in total. The fraction of sp³-hybridized carbons (Fsp3) is 0.333. The van der Waals surface area contributed by atoms with Gasteiger partial charge in [-0.05, 0) is 19.1 Å². The summed E-state index contributed by atoms with van der Waals surface area (Å²) in [6.45, 7) is 5.96. The Bertz CT molecular complexity index is 356. The van der Waals surface area contributed by atoms with Crippen LogP contribution in [0.1, 0.15) is 21.0 Å². The number of rotatable bonds is 0. The molecule has 0 bridgehead atoms. The molecule has 0 fully saturated rings. The molecular weight excluding hydrogens is 150 g/mol. The summed E-state index contributed by atoms with van der Waals surface area (Å²) >= 11 is 0. The SMILES string of the molecule is CC.Cc1ccc2[nH]ncc2n1.[HH]. The zero-order chi connectivity index (χ0) is 8.97. The molecule has 2 rings (SSSR count). The van der Waals surface area contributed by atoms with Crippen molar-refractivity contribution in [2.24, 2.45) is 0 Å². The van der Waals surface area contributed by atoms with Crippen molar-refractivity contribution in [3.63, 3.8) is 0 Å². The third-order valence-electron chi connectivity index (χ3n) is 1.44. The van der Waals surface area contributed by atoms with Crippen molar-refractivity contribution in [3.05, 3.63) is 24.0 Å². The highest BCUT2D eigenvalue weighted by molar-refractivity contribution is 5.72. The fourth-order valence-electron chi connectivity index (χ4n) is 0.933. The maximum Gasteiger partial charge on any atom is 0.108 e. The summed E-state index contributed by atoms with van der Waals surface area (Å²) in [4.78, 5) is 4.24. The molecule has 2 aromatic heterocycles. The van der Waals surface area contributed by atoms with E-state index in [1.165, 1.54) is 0 Å². The van der Waals surface area contributed by atoms with Gasteiger partial charge in [-0.3, -0.25) is 5.10 Å². The van der Waals surface area contributed by atoms with Gasteiger partial charge in [-0.15, -0.1) is 0 Å². The number of aryl methyl sites for hydroxylation is 1. The molecule has 0 saturated heterocycles. The molecule has 12 heavy (non-hydrogen) atoms. The summed E-state index contributed by atoms with van der Waals surface area (Å²) in [6.07, 6.45) is 1.72. The minimum atomic E-state index is 0. The predicted molar refractivity (Wildman–Crippen MR) is 52.1 cm³/mol. The molecule has 0 aliphatic carbocycles. The first kappa shape index (κ1) is 8.71. The molecule has 0 unspecified atom stereocenters. The van der Waals surface area contributed by atoms with E-state index in [2.05, 4.69) is 15.2 Å². The lowest BCUT2D eigenvalue weighted by atomic mass is 10.3. The first-order chi connectivity index (χ1) is 5.86. The van der Waals surface area contributed by atoms with Gasteiger partial charge in [0, 0.05) is 7.12 Å². The van der Waals surface area contributed by atoms with Gasteiger partial charge in [0.05, 0.1) is 11.7 Å². The van der Waals surface area contributed by atoms with Gasteiger partial charge in [0.25, 0.3) is 0 Å². The molecule has 1 N–H and O–H groups in total. The number of aromatic amines is 1. The number of hydrogen-bond acceptors (Lipinski definition) is 2. The lowest BCUT2D eigenvalue weighted by Gasteiger charge is -1.88. The van der Waals surface area contributed by atoms with E-state index >= 15 is 0 Å². The smallest absolute Gasteiger partial charge is 0.108 e. The highest BCUT2D eigenvalue weighted by atomic mass is 15.1. The van der Waals surface area contributed by atoms with Gasteiger partial charge in [0.1, 0.15) is 5.52 Å². The molecule has 0 amide bonds. The molecule has 66 valence electrons. The highest BCUT2D eigenvalue weighted by Crippen LogP contribution is 2.06. The Morgan fingerprint density at radius 2 is 2.08 bits per heavy atom. The summed E-state index contributed by atoms with van der Waals surface area (Å²) < 4.78 is 0. The van der Waals surface area contributed by atoms with E-state index in [0.29, 0.717) is 0 Å². The average Bonchev–Trinajstić information content (AvgIpc) is 2.54. The third-order valence-corrected chi connectivity index (χ3v) is 1.44. The van der Waals surface area contributed by atoms with Crippen LogP contribution >= 0.6 is 0 Å². The van der Waals surface area contributed by atoms with Crippen molar-refractivity contribution in [1.29, 1.82) is 0 Å². The van der Waals surface area contributed by atoms with Crippen LogP contribution < -0.4 is 0 Å². The third kappa shape index (κ3) is 1.61. The molecule has 0 spiro atoms. The molecule has 0 aliphatic rings. The zero-order valence-corrected chi connectivity index (χ0v) is 7.63. The number of H-pyrrole nitrogens is 1. The number of nitrogens with one attached hydrogen (secondary N) is 1. The van der Waals surface area contributed by atoms with Gasteiger partial charge in [-0.25, -0.2) is 4.98 Å². The number of aromatic nitrogens is 3. The van der Waals surface area contributed by atoms with E-state index in [4.69, 9.17) is 0 Å². The van der Waals surface area contributed by atoms with E-state index < -0.39 is 0 Å². The van der Waals surface area contributed by atoms with E-state index in [9.17, 15) is 0 Å². The van der Waals surface area contributed by atoms with Crippen LogP contribution in [0, 0.1) is 6.92 Å². The largest absolute Gasteiger partial charge is 0.276 e. The van der Waals surface area contributed by atoms with Crippen molar-refractivity contribution in [1.82, 2.24) is 15.2 Å². The first-order valence-corrected chi connectivity index (χ1v) is 4.13. The second-order valence-electron chi connectivity index (χ2n) is 2.26. The normalized spacial score (nSPS) is 9.25. The number of nitrogens with zero attached hydrogens (tertiary/aromatic N) is 2. The van der Waals surface area contributed by atoms with Crippen molar-refractivity contribution in [2.75, 3.05) is 0 Å². The van der Waals surface area contributed by atoms with Gasteiger partial charge < -0.3 is 0 Å². The van der Waals surface area contributed by atoms with Crippen LogP contribution in [0.15, 0.2) is 18.3 Å². The maximum absolute atomic E-state index is 4.24. The Morgan fingerprint density at radius 3 is 2.83 bits per heavy atom.